The van der Waals surface area contributed by atoms with E-state index in [1.54, 1.807) is 38.2 Å². The minimum absolute atomic E-state index is 0.0474. The number of anilines is 1. The maximum atomic E-state index is 12.2. The van der Waals surface area contributed by atoms with Crippen molar-refractivity contribution >= 4 is 23.5 Å². The van der Waals surface area contributed by atoms with Crippen molar-refractivity contribution in [3.05, 3.63) is 29.8 Å². The quantitative estimate of drug-likeness (QED) is 0.851. The van der Waals surface area contributed by atoms with Gasteiger partial charge in [0.05, 0.1) is 17.9 Å². The number of nitrogens with zero attached hydrogens (tertiary/aromatic N) is 1. The van der Waals surface area contributed by atoms with Gasteiger partial charge in [0, 0.05) is 13.5 Å². The molecule has 1 unspecified atom stereocenters. The number of hydrogen-bond acceptors (Lipinski definition) is 4. The molecule has 1 aliphatic heterocycles. The summed E-state index contributed by atoms with van der Waals surface area (Å²) >= 11 is 0. The number of para-hydroxylation sites is 1. The number of amides is 2. The zero-order valence-electron chi connectivity index (χ0n) is 12.1. The van der Waals surface area contributed by atoms with Crippen LogP contribution in [-0.4, -0.2) is 42.4 Å². The second kappa shape index (κ2) is 6.39. The second-order valence-corrected chi connectivity index (χ2v) is 4.81. The molecule has 6 nitrogen and oxygen atoms in total. The molecular formula is C15H18N2O4. The average molecular weight is 290 g/mol. The van der Waals surface area contributed by atoms with Crippen LogP contribution in [0.1, 0.15) is 30.1 Å². The second-order valence-electron chi connectivity index (χ2n) is 4.81. The number of benzene rings is 1. The van der Waals surface area contributed by atoms with E-state index < -0.39 is 12.0 Å². The van der Waals surface area contributed by atoms with Crippen LogP contribution in [0.25, 0.3) is 0 Å². The number of nitrogens with one attached hydrogen (secondary N) is 1. The van der Waals surface area contributed by atoms with Crippen LogP contribution in [0.2, 0.25) is 0 Å². The van der Waals surface area contributed by atoms with Crippen molar-refractivity contribution in [2.45, 2.75) is 25.8 Å². The minimum Gasteiger partial charge on any atom is -0.462 e. The summed E-state index contributed by atoms with van der Waals surface area (Å²) in [5.74, 6) is -0.821. The number of carbonyl (C=O) groups excluding carboxylic acids is 3. The van der Waals surface area contributed by atoms with Crippen molar-refractivity contribution in [1.82, 2.24) is 4.90 Å². The number of likely N-dealkylation sites (tertiary alicyclic amines) is 1. The molecule has 1 aromatic carbocycles. The SMILES string of the molecule is CCOC(=O)c1ccccc1NC(=O)C1CCC(=O)N1C. The van der Waals surface area contributed by atoms with E-state index in [9.17, 15) is 14.4 Å². The Morgan fingerprint density at radius 1 is 1.38 bits per heavy atom. The fourth-order valence-corrected chi connectivity index (χ4v) is 2.31. The molecule has 1 aliphatic rings. The summed E-state index contributed by atoms with van der Waals surface area (Å²) in [6.07, 6.45) is 0.858. The van der Waals surface area contributed by atoms with Gasteiger partial charge in [0.1, 0.15) is 6.04 Å². The third-order valence-electron chi connectivity index (χ3n) is 3.48. The highest BCUT2D eigenvalue weighted by Crippen LogP contribution is 2.21. The molecule has 112 valence electrons. The highest BCUT2D eigenvalue weighted by molar-refractivity contribution is 6.04. The lowest BCUT2D eigenvalue weighted by Crippen LogP contribution is -2.39. The first kappa shape index (κ1) is 15.0. The fourth-order valence-electron chi connectivity index (χ4n) is 2.31. The maximum Gasteiger partial charge on any atom is 0.340 e. The Kier molecular flexibility index (Phi) is 4.57. The molecule has 6 heteroatoms. The van der Waals surface area contributed by atoms with Crippen molar-refractivity contribution in [1.29, 1.82) is 0 Å². The first-order chi connectivity index (χ1) is 10.0. The Bertz CT molecular complexity index is 571. The first-order valence-corrected chi connectivity index (χ1v) is 6.87. The summed E-state index contributed by atoms with van der Waals surface area (Å²) in [5, 5.41) is 2.71. The zero-order chi connectivity index (χ0) is 15.4. The van der Waals surface area contributed by atoms with Gasteiger partial charge in [-0.2, -0.15) is 0 Å². The molecule has 0 saturated carbocycles. The molecule has 1 atom stereocenters. The summed E-state index contributed by atoms with van der Waals surface area (Å²) in [6.45, 7) is 1.99. The van der Waals surface area contributed by atoms with Crippen LogP contribution >= 0.6 is 0 Å². The van der Waals surface area contributed by atoms with E-state index in [4.69, 9.17) is 4.74 Å². The fraction of sp³-hybridized carbons (Fsp3) is 0.400. The number of rotatable bonds is 4. The lowest BCUT2D eigenvalue weighted by atomic mass is 10.1. The van der Waals surface area contributed by atoms with E-state index in [2.05, 4.69) is 5.32 Å². The zero-order valence-corrected chi connectivity index (χ0v) is 12.1. The third-order valence-corrected chi connectivity index (χ3v) is 3.48. The van der Waals surface area contributed by atoms with E-state index in [1.807, 2.05) is 0 Å². The summed E-state index contributed by atoms with van der Waals surface area (Å²) in [4.78, 5) is 37.0. The van der Waals surface area contributed by atoms with Crippen LogP contribution in [0, 0.1) is 0 Å². The Morgan fingerprint density at radius 3 is 2.71 bits per heavy atom. The predicted octanol–water partition coefficient (Wildman–Crippen LogP) is 1.42. The summed E-state index contributed by atoms with van der Waals surface area (Å²) in [6, 6.07) is 6.17. The number of hydrogen-bond donors (Lipinski definition) is 1. The highest BCUT2D eigenvalue weighted by atomic mass is 16.5. The largest absolute Gasteiger partial charge is 0.462 e. The lowest BCUT2D eigenvalue weighted by molar-refractivity contribution is -0.131. The van der Waals surface area contributed by atoms with Gasteiger partial charge in [-0.25, -0.2) is 4.79 Å². The molecule has 0 radical (unpaired) electrons. The van der Waals surface area contributed by atoms with Crippen molar-refractivity contribution in [3.63, 3.8) is 0 Å². The van der Waals surface area contributed by atoms with E-state index in [0.717, 1.165) is 0 Å². The molecule has 2 rings (SSSR count). The topological polar surface area (TPSA) is 75.7 Å². The van der Waals surface area contributed by atoms with Gasteiger partial charge in [-0.05, 0) is 25.5 Å². The van der Waals surface area contributed by atoms with Gasteiger partial charge < -0.3 is 15.0 Å². The van der Waals surface area contributed by atoms with Crippen LogP contribution in [0.3, 0.4) is 0 Å². The number of ether oxygens (including phenoxy) is 1. The van der Waals surface area contributed by atoms with E-state index >= 15 is 0 Å². The minimum atomic E-state index is -0.493. The van der Waals surface area contributed by atoms with Gasteiger partial charge in [-0.15, -0.1) is 0 Å². The van der Waals surface area contributed by atoms with E-state index in [1.165, 1.54) is 4.90 Å². The molecule has 0 aliphatic carbocycles. The number of esters is 1. The highest BCUT2D eigenvalue weighted by Gasteiger charge is 2.33. The molecule has 1 fully saturated rings. The standard InChI is InChI=1S/C15H18N2O4/c1-3-21-15(20)10-6-4-5-7-11(10)16-14(19)12-8-9-13(18)17(12)2/h4-7,12H,3,8-9H2,1-2H3,(H,16,19). The summed E-state index contributed by atoms with van der Waals surface area (Å²) in [7, 11) is 1.61. The Hall–Kier alpha value is -2.37. The monoisotopic (exact) mass is 290 g/mol. The van der Waals surface area contributed by atoms with Crippen molar-refractivity contribution in [2.75, 3.05) is 19.0 Å². The molecule has 1 heterocycles. The van der Waals surface area contributed by atoms with Gasteiger partial charge >= 0.3 is 5.97 Å². The van der Waals surface area contributed by atoms with Gasteiger partial charge in [0.15, 0.2) is 0 Å². The van der Waals surface area contributed by atoms with Crippen molar-refractivity contribution < 1.29 is 19.1 Å². The van der Waals surface area contributed by atoms with E-state index in [-0.39, 0.29) is 18.4 Å². The van der Waals surface area contributed by atoms with Crippen LogP contribution in [0.5, 0.6) is 0 Å². The van der Waals surface area contributed by atoms with Crippen LogP contribution in [0.4, 0.5) is 5.69 Å². The molecule has 2 amide bonds. The summed E-state index contributed by atoms with van der Waals surface area (Å²) in [5.41, 5.74) is 0.702. The first-order valence-electron chi connectivity index (χ1n) is 6.87. The molecule has 1 aromatic rings. The smallest absolute Gasteiger partial charge is 0.340 e. The average Bonchev–Trinajstić information content (AvgIpc) is 2.80. The van der Waals surface area contributed by atoms with Crippen LogP contribution in [0.15, 0.2) is 24.3 Å². The maximum absolute atomic E-state index is 12.2. The Labute approximate surface area is 123 Å². The van der Waals surface area contributed by atoms with Crippen LogP contribution in [-0.2, 0) is 14.3 Å². The third kappa shape index (κ3) is 3.21. The Morgan fingerprint density at radius 2 is 2.10 bits per heavy atom. The number of carbonyl (C=O) groups is 3. The van der Waals surface area contributed by atoms with E-state index in [0.29, 0.717) is 24.1 Å². The molecule has 0 spiro atoms. The van der Waals surface area contributed by atoms with Gasteiger partial charge in [-0.3, -0.25) is 9.59 Å². The molecular weight excluding hydrogens is 272 g/mol. The van der Waals surface area contributed by atoms with Crippen LogP contribution < -0.4 is 5.32 Å². The van der Waals surface area contributed by atoms with Crippen molar-refractivity contribution in [2.24, 2.45) is 0 Å². The van der Waals surface area contributed by atoms with Gasteiger partial charge in [0.2, 0.25) is 11.8 Å². The molecule has 0 bridgehead atoms. The Balaban J connectivity index is 2.14. The molecule has 21 heavy (non-hydrogen) atoms. The molecule has 1 saturated heterocycles. The summed E-state index contributed by atoms with van der Waals surface area (Å²) < 4.78 is 4.96. The normalized spacial score (nSPS) is 17.7. The molecule has 1 N–H and O–H groups in total. The number of likely N-dealkylation sites (N-methyl/N-ethyl adjacent to an activating group) is 1. The lowest BCUT2D eigenvalue weighted by Gasteiger charge is -2.19. The van der Waals surface area contributed by atoms with Gasteiger partial charge in [0.25, 0.3) is 0 Å². The van der Waals surface area contributed by atoms with Gasteiger partial charge in [-0.1, -0.05) is 12.1 Å². The van der Waals surface area contributed by atoms with Crippen molar-refractivity contribution in [3.8, 4) is 0 Å². The molecule has 0 aromatic heterocycles. The predicted molar refractivity (Wildman–Crippen MR) is 76.8 cm³/mol.